The first-order valence-electron chi connectivity index (χ1n) is 14.8. The van der Waals surface area contributed by atoms with Crippen LogP contribution in [-0.2, 0) is 22.6 Å². The molecule has 2 aromatic carbocycles. The average Bonchev–Trinajstić information content (AvgIpc) is 3.69. The maximum atomic E-state index is 14.0. The van der Waals surface area contributed by atoms with Crippen molar-refractivity contribution in [2.24, 2.45) is 5.92 Å². The van der Waals surface area contributed by atoms with E-state index in [4.69, 9.17) is 28.7 Å². The summed E-state index contributed by atoms with van der Waals surface area (Å²) in [6.07, 6.45) is -1.23. The molecule has 3 heterocycles. The Morgan fingerprint density at radius 2 is 1.64 bits per heavy atom. The summed E-state index contributed by atoms with van der Waals surface area (Å²) in [4.78, 5) is 6.73. The van der Waals surface area contributed by atoms with Crippen molar-refractivity contribution in [1.29, 1.82) is 0 Å². The first-order valence-corrected chi connectivity index (χ1v) is 14.8. The molecule has 2 unspecified atom stereocenters. The standard InChI is InChI=1S/C32H36F3N5O5/c1-20-5-6-21(26(15-20)42-3)18-39(19-22-7-8-24(41-2)17-27(22)43-4)29-30-38-37-28(40(30)12-11-36-29)25-16-23(32(33,34)35)9-10-31(25)44-13-14-45-31/h5-8,11-12,15,17,23,25H,9-10,13-14,16,18-19H2,1-4H3. The Morgan fingerprint density at radius 1 is 0.956 bits per heavy atom. The number of benzene rings is 2. The molecular formula is C32H36F3N5O5. The van der Waals surface area contributed by atoms with Crippen LogP contribution in [0.1, 0.15) is 47.7 Å². The topological polar surface area (TPSA) is 92.5 Å². The number of rotatable bonds is 9. The van der Waals surface area contributed by atoms with Crippen molar-refractivity contribution >= 4 is 11.5 Å². The molecule has 2 fully saturated rings. The summed E-state index contributed by atoms with van der Waals surface area (Å²) >= 11 is 0. The maximum Gasteiger partial charge on any atom is 0.391 e. The number of methoxy groups -OCH3 is 3. The van der Waals surface area contributed by atoms with Gasteiger partial charge in [0.15, 0.2) is 11.6 Å². The van der Waals surface area contributed by atoms with Crippen LogP contribution in [0, 0.1) is 12.8 Å². The van der Waals surface area contributed by atoms with Gasteiger partial charge in [-0.15, -0.1) is 10.2 Å². The van der Waals surface area contributed by atoms with Crippen molar-refractivity contribution in [2.45, 2.75) is 57.2 Å². The minimum atomic E-state index is -4.34. The Bertz CT molecular complexity index is 1660. The third kappa shape index (κ3) is 5.98. The Morgan fingerprint density at radius 3 is 2.31 bits per heavy atom. The fraction of sp³-hybridized carbons (Fsp3) is 0.469. The van der Waals surface area contributed by atoms with Crippen molar-refractivity contribution in [2.75, 3.05) is 39.4 Å². The molecule has 13 heteroatoms. The highest BCUT2D eigenvalue weighted by Crippen LogP contribution is 2.51. The lowest BCUT2D eigenvalue weighted by Crippen LogP contribution is -2.46. The van der Waals surface area contributed by atoms with Gasteiger partial charge < -0.3 is 28.6 Å². The highest BCUT2D eigenvalue weighted by Gasteiger charge is 2.55. The monoisotopic (exact) mass is 627 g/mol. The second kappa shape index (κ2) is 12.4. The van der Waals surface area contributed by atoms with Crippen molar-refractivity contribution in [3.63, 3.8) is 0 Å². The Balaban J connectivity index is 1.44. The SMILES string of the molecule is COc1ccc(CN(Cc2ccc(C)cc2OC)c2nccn3c(C4CC(C(F)(F)F)CCC45OCCO5)nnc23)c(OC)c1. The third-order valence-corrected chi connectivity index (χ3v) is 8.74. The number of ether oxygens (including phenoxy) is 5. The van der Waals surface area contributed by atoms with E-state index in [0.717, 1.165) is 16.7 Å². The lowest BCUT2D eigenvalue weighted by atomic mass is 9.76. The van der Waals surface area contributed by atoms with Crippen molar-refractivity contribution < 1.29 is 36.9 Å². The number of hydrogen-bond acceptors (Lipinski definition) is 9. The number of fused-ring (bicyclic) bond motifs is 1. The fourth-order valence-electron chi connectivity index (χ4n) is 6.42. The van der Waals surface area contributed by atoms with Gasteiger partial charge in [-0.3, -0.25) is 4.40 Å². The molecule has 2 aliphatic rings. The van der Waals surface area contributed by atoms with Crippen LogP contribution in [0.15, 0.2) is 48.8 Å². The number of aryl methyl sites for hydroxylation is 1. The van der Waals surface area contributed by atoms with Crippen molar-refractivity contribution in [3.05, 3.63) is 71.3 Å². The molecule has 4 aromatic rings. The summed E-state index contributed by atoms with van der Waals surface area (Å²) in [5.41, 5.74) is 3.22. The fourth-order valence-corrected chi connectivity index (χ4v) is 6.42. The summed E-state index contributed by atoms with van der Waals surface area (Å²) in [6, 6.07) is 11.6. The molecule has 0 amide bonds. The van der Waals surface area contributed by atoms with Crippen LogP contribution in [0.3, 0.4) is 0 Å². The van der Waals surface area contributed by atoms with Crippen LogP contribution in [0.2, 0.25) is 0 Å². The number of halogens is 3. The molecule has 240 valence electrons. The molecule has 1 aliphatic heterocycles. The molecule has 1 saturated carbocycles. The zero-order valence-electron chi connectivity index (χ0n) is 25.6. The Hall–Kier alpha value is -4.10. The lowest BCUT2D eigenvalue weighted by molar-refractivity contribution is -0.237. The van der Waals surface area contributed by atoms with Crippen LogP contribution in [0.25, 0.3) is 5.65 Å². The number of alkyl halides is 3. The molecule has 0 bridgehead atoms. The van der Waals surface area contributed by atoms with E-state index in [1.807, 2.05) is 48.2 Å². The number of nitrogens with zero attached hydrogens (tertiary/aromatic N) is 5. The molecule has 2 aromatic heterocycles. The van der Waals surface area contributed by atoms with Crippen LogP contribution >= 0.6 is 0 Å². The molecule has 1 aliphatic carbocycles. The van der Waals surface area contributed by atoms with Crippen molar-refractivity contribution in [1.82, 2.24) is 19.6 Å². The first kappa shape index (κ1) is 30.9. The quantitative estimate of drug-likeness (QED) is 0.227. The van der Waals surface area contributed by atoms with Gasteiger partial charge >= 0.3 is 6.18 Å². The summed E-state index contributed by atoms with van der Waals surface area (Å²) in [7, 11) is 4.81. The molecular weight excluding hydrogens is 591 g/mol. The van der Waals surface area contributed by atoms with E-state index in [-0.39, 0.29) is 19.3 Å². The summed E-state index contributed by atoms with van der Waals surface area (Å²) in [5.74, 6) is -0.628. The average molecular weight is 628 g/mol. The highest BCUT2D eigenvalue weighted by atomic mass is 19.4. The second-order valence-electron chi connectivity index (χ2n) is 11.4. The van der Waals surface area contributed by atoms with Crippen molar-refractivity contribution in [3.8, 4) is 17.2 Å². The zero-order chi connectivity index (χ0) is 31.8. The molecule has 10 nitrogen and oxygen atoms in total. The van der Waals surface area contributed by atoms with Crippen LogP contribution in [0.5, 0.6) is 17.2 Å². The molecule has 1 spiro atoms. The van der Waals surface area contributed by atoms with Gasteiger partial charge in [-0.2, -0.15) is 13.2 Å². The third-order valence-electron chi connectivity index (χ3n) is 8.74. The molecule has 45 heavy (non-hydrogen) atoms. The van der Waals surface area contributed by atoms with Crippen LogP contribution in [-0.4, -0.2) is 66.1 Å². The smallest absolute Gasteiger partial charge is 0.391 e. The Kier molecular flexibility index (Phi) is 8.49. The van der Waals surface area contributed by atoms with Gasteiger partial charge in [0.05, 0.1) is 46.4 Å². The van der Waals surface area contributed by atoms with Gasteiger partial charge in [-0.25, -0.2) is 4.98 Å². The zero-order valence-corrected chi connectivity index (χ0v) is 25.6. The largest absolute Gasteiger partial charge is 0.497 e. The predicted octanol–water partition coefficient (Wildman–Crippen LogP) is 5.85. The maximum absolute atomic E-state index is 14.0. The molecule has 2 atom stereocenters. The lowest BCUT2D eigenvalue weighted by Gasteiger charge is -2.41. The second-order valence-corrected chi connectivity index (χ2v) is 11.4. The first-order chi connectivity index (χ1) is 21.7. The van der Waals surface area contributed by atoms with E-state index < -0.39 is 23.8 Å². The van der Waals surface area contributed by atoms with E-state index in [0.29, 0.717) is 60.8 Å². The van der Waals surface area contributed by atoms with E-state index in [2.05, 4.69) is 10.2 Å². The minimum absolute atomic E-state index is 0.0700. The normalized spacial score (nSPS) is 19.6. The molecule has 0 radical (unpaired) electrons. The van der Waals surface area contributed by atoms with Gasteiger partial charge in [0.25, 0.3) is 0 Å². The van der Waals surface area contributed by atoms with Gasteiger partial charge in [-0.05, 0) is 43.5 Å². The highest BCUT2D eigenvalue weighted by molar-refractivity contribution is 5.65. The Labute approximate surface area is 259 Å². The van der Waals surface area contributed by atoms with Gasteiger partial charge in [0, 0.05) is 49.1 Å². The summed E-state index contributed by atoms with van der Waals surface area (Å²) < 4.78 is 72.4. The van der Waals surface area contributed by atoms with E-state index >= 15 is 0 Å². The van der Waals surface area contributed by atoms with Gasteiger partial charge in [-0.1, -0.05) is 12.1 Å². The summed E-state index contributed by atoms with van der Waals surface area (Å²) in [6.45, 7) is 3.35. The van der Waals surface area contributed by atoms with E-state index in [1.54, 1.807) is 38.1 Å². The summed E-state index contributed by atoms with van der Waals surface area (Å²) in [5, 5.41) is 8.97. The van der Waals surface area contributed by atoms with E-state index in [9.17, 15) is 13.2 Å². The van der Waals surface area contributed by atoms with Crippen LogP contribution < -0.4 is 19.1 Å². The van der Waals surface area contributed by atoms with Gasteiger partial charge in [0.1, 0.15) is 23.1 Å². The predicted molar refractivity (Wildman–Crippen MR) is 159 cm³/mol. The van der Waals surface area contributed by atoms with Crippen LogP contribution in [0.4, 0.5) is 19.0 Å². The number of aromatic nitrogens is 4. The van der Waals surface area contributed by atoms with E-state index in [1.165, 1.54) is 0 Å². The molecule has 1 saturated heterocycles. The molecule has 6 rings (SSSR count). The molecule has 0 N–H and O–H groups in total. The number of hydrogen-bond donors (Lipinski definition) is 0. The minimum Gasteiger partial charge on any atom is -0.497 e. The number of anilines is 1. The van der Waals surface area contributed by atoms with Gasteiger partial charge in [0.2, 0.25) is 5.65 Å².